The van der Waals surface area contributed by atoms with Crippen LogP contribution >= 0.6 is 24.0 Å². The van der Waals surface area contributed by atoms with Crippen molar-refractivity contribution in [3.05, 3.63) is 48.5 Å². The number of aromatic nitrogens is 3. The summed E-state index contributed by atoms with van der Waals surface area (Å²) in [4.78, 5) is 22.3. The van der Waals surface area contributed by atoms with Crippen molar-refractivity contribution in [2.45, 2.75) is 13.3 Å². The van der Waals surface area contributed by atoms with Gasteiger partial charge in [-0.05, 0) is 25.1 Å². The number of halogens is 1. The number of rotatable bonds is 5. The minimum absolute atomic E-state index is 0. The number of nitrogens with one attached hydrogen (secondary N) is 1. The summed E-state index contributed by atoms with van der Waals surface area (Å²) in [5.41, 5.74) is 1.08. The normalized spacial score (nSPS) is 14.7. The molecular formula is C18H26IN7. The molecule has 3 heterocycles. The molecule has 1 saturated heterocycles. The van der Waals surface area contributed by atoms with Crippen molar-refractivity contribution >= 4 is 35.9 Å². The van der Waals surface area contributed by atoms with Gasteiger partial charge in [-0.25, -0.2) is 9.97 Å². The van der Waals surface area contributed by atoms with E-state index < -0.39 is 0 Å². The fourth-order valence-electron chi connectivity index (χ4n) is 2.82. The highest BCUT2D eigenvalue weighted by Crippen LogP contribution is 2.09. The first-order chi connectivity index (χ1) is 12.4. The minimum atomic E-state index is 0. The van der Waals surface area contributed by atoms with Crippen LogP contribution in [0.1, 0.15) is 12.6 Å². The lowest BCUT2D eigenvalue weighted by Crippen LogP contribution is -2.53. The lowest BCUT2D eigenvalue weighted by molar-refractivity contribution is 0.370. The number of aliphatic imine (C=N–C) groups is 1. The monoisotopic (exact) mass is 467 g/mol. The molecule has 2 aromatic heterocycles. The van der Waals surface area contributed by atoms with Crippen molar-refractivity contribution in [3.63, 3.8) is 0 Å². The van der Waals surface area contributed by atoms with Gasteiger partial charge in [0.25, 0.3) is 0 Å². The minimum Gasteiger partial charge on any atom is -0.357 e. The van der Waals surface area contributed by atoms with E-state index in [9.17, 15) is 0 Å². The third-order valence-corrected chi connectivity index (χ3v) is 4.10. The summed E-state index contributed by atoms with van der Waals surface area (Å²) in [6.07, 6.45) is 6.26. The van der Waals surface area contributed by atoms with Crippen molar-refractivity contribution in [2.24, 2.45) is 4.99 Å². The maximum Gasteiger partial charge on any atom is 0.225 e. The fourth-order valence-corrected chi connectivity index (χ4v) is 2.82. The second-order valence-corrected chi connectivity index (χ2v) is 5.83. The SMILES string of the molecule is CCNC(=NCCc1ccccn1)N1CCN(c2ncccn2)CC1.I. The Hall–Kier alpha value is -1.97. The third-order valence-electron chi connectivity index (χ3n) is 4.10. The number of hydrogen-bond donors (Lipinski definition) is 1. The summed E-state index contributed by atoms with van der Waals surface area (Å²) in [5.74, 6) is 1.78. The van der Waals surface area contributed by atoms with Crippen LogP contribution in [0.2, 0.25) is 0 Å². The molecule has 26 heavy (non-hydrogen) atoms. The lowest BCUT2D eigenvalue weighted by Gasteiger charge is -2.36. The van der Waals surface area contributed by atoms with Gasteiger partial charge in [-0.1, -0.05) is 6.07 Å². The maximum atomic E-state index is 4.77. The molecule has 7 nitrogen and oxygen atoms in total. The van der Waals surface area contributed by atoms with Crippen LogP contribution in [0, 0.1) is 0 Å². The van der Waals surface area contributed by atoms with E-state index >= 15 is 0 Å². The van der Waals surface area contributed by atoms with Crippen molar-refractivity contribution in [1.29, 1.82) is 0 Å². The van der Waals surface area contributed by atoms with Gasteiger partial charge in [0.2, 0.25) is 5.95 Å². The van der Waals surface area contributed by atoms with E-state index in [0.29, 0.717) is 0 Å². The van der Waals surface area contributed by atoms with Gasteiger partial charge in [0, 0.05) is 70.0 Å². The van der Waals surface area contributed by atoms with Crippen LogP contribution in [0.4, 0.5) is 5.95 Å². The Morgan fingerprint density at radius 3 is 2.42 bits per heavy atom. The molecule has 1 aliphatic rings. The Kier molecular flexibility index (Phi) is 8.52. The van der Waals surface area contributed by atoms with Crippen LogP contribution in [0.5, 0.6) is 0 Å². The molecule has 0 amide bonds. The average Bonchev–Trinajstić information content (AvgIpc) is 2.69. The predicted octanol–water partition coefficient (Wildman–Crippen LogP) is 1.82. The van der Waals surface area contributed by atoms with Gasteiger partial charge < -0.3 is 15.1 Å². The lowest BCUT2D eigenvalue weighted by atomic mass is 10.3. The van der Waals surface area contributed by atoms with E-state index in [1.54, 1.807) is 12.4 Å². The Labute approximate surface area is 172 Å². The highest BCUT2D eigenvalue weighted by Gasteiger charge is 2.20. The molecule has 1 N–H and O–H groups in total. The van der Waals surface area contributed by atoms with Crippen molar-refractivity contribution < 1.29 is 0 Å². The van der Waals surface area contributed by atoms with E-state index in [0.717, 1.165) is 63.3 Å². The van der Waals surface area contributed by atoms with Gasteiger partial charge in [0.05, 0.1) is 0 Å². The van der Waals surface area contributed by atoms with Crippen LogP contribution in [0.3, 0.4) is 0 Å². The summed E-state index contributed by atoms with van der Waals surface area (Å²) in [6.45, 7) is 7.32. The van der Waals surface area contributed by atoms with Gasteiger partial charge >= 0.3 is 0 Å². The smallest absolute Gasteiger partial charge is 0.225 e. The molecule has 0 aromatic carbocycles. The summed E-state index contributed by atoms with van der Waals surface area (Å²) < 4.78 is 0. The molecule has 2 aromatic rings. The first-order valence-corrected chi connectivity index (χ1v) is 8.82. The first-order valence-electron chi connectivity index (χ1n) is 8.82. The largest absolute Gasteiger partial charge is 0.357 e. The zero-order valence-electron chi connectivity index (χ0n) is 15.1. The van der Waals surface area contributed by atoms with Crippen LogP contribution < -0.4 is 10.2 Å². The first kappa shape index (κ1) is 20.3. The van der Waals surface area contributed by atoms with Crippen LogP contribution in [-0.2, 0) is 6.42 Å². The highest BCUT2D eigenvalue weighted by atomic mass is 127. The third kappa shape index (κ3) is 5.79. The molecule has 0 spiro atoms. The molecular weight excluding hydrogens is 441 g/mol. The molecule has 1 fully saturated rings. The Morgan fingerprint density at radius 1 is 1.04 bits per heavy atom. The van der Waals surface area contributed by atoms with E-state index in [1.165, 1.54) is 0 Å². The number of pyridine rings is 1. The standard InChI is InChI=1S/C18H25N7.HI/c1-2-19-17(23-11-7-16-6-3-4-8-20-16)24-12-14-25(15-13-24)18-21-9-5-10-22-18;/h3-6,8-10H,2,7,11-15H2,1H3,(H,19,23);1H. The maximum absolute atomic E-state index is 4.77. The predicted molar refractivity (Wildman–Crippen MR) is 115 cm³/mol. The Balaban J connectivity index is 0.00000243. The van der Waals surface area contributed by atoms with Crippen LogP contribution in [0.25, 0.3) is 0 Å². The van der Waals surface area contributed by atoms with Crippen molar-refractivity contribution in [3.8, 4) is 0 Å². The summed E-state index contributed by atoms with van der Waals surface area (Å²) in [7, 11) is 0. The van der Waals surface area contributed by atoms with Gasteiger partial charge in [0.15, 0.2) is 5.96 Å². The highest BCUT2D eigenvalue weighted by molar-refractivity contribution is 14.0. The molecule has 0 aliphatic carbocycles. The van der Waals surface area contributed by atoms with Gasteiger partial charge in [-0.3, -0.25) is 9.98 Å². The van der Waals surface area contributed by atoms with Crippen LogP contribution in [-0.4, -0.2) is 65.1 Å². The molecule has 3 rings (SSSR count). The number of anilines is 1. The molecule has 140 valence electrons. The molecule has 0 bridgehead atoms. The van der Waals surface area contributed by atoms with E-state index in [4.69, 9.17) is 4.99 Å². The van der Waals surface area contributed by atoms with Gasteiger partial charge in [-0.15, -0.1) is 24.0 Å². The average molecular weight is 467 g/mol. The van der Waals surface area contributed by atoms with Crippen molar-refractivity contribution in [1.82, 2.24) is 25.2 Å². The number of nitrogens with zero attached hydrogens (tertiary/aromatic N) is 6. The topological polar surface area (TPSA) is 69.5 Å². The van der Waals surface area contributed by atoms with Gasteiger partial charge in [-0.2, -0.15) is 0 Å². The van der Waals surface area contributed by atoms with Gasteiger partial charge in [0.1, 0.15) is 0 Å². The summed E-state index contributed by atoms with van der Waals surface area (Å²) in [5, 5.41) is 3.40. The fraction of sp³-hybridized carbons (Fsp3) is 0.444. The second-order valence-electron chi connectivity index (χ2n) is 5.83. The Morgan fingerprint density at radius 2 is 1.77 bits per heavy atom. The van der Waals surface area contributed by atoms with Crippen molar-refractivity contribution in [2.75, 3.05) is 44.2 Å². The second kappa shape index (κ2) is 10.9. The van der Waals surface area contributed by atoms with Crippen LogP contribution in [0.15, 0.2) is 47.8 Å². The molecule has 8 heteroatoms. The molecule has 0 atom stereocenters. The summed E-state index contributed by atoms with van der Waals surface area (Å²) in [6, 6.07) is 7.84. The number of piperazine rings is 1. The van der Waals surface area contributed by atoms with E-state index in [2.05, 4.69) is 37.0 Å². The quantitative estimate of drug-likeness (QED) is 0.411. The number of hydrogen-bond acceptors (Lipinski definition) is 5. The molecule has 0 radical (unpaired) electrons. The Bertz CT molecular complexity index is 658. The zero-order chi connectivity index (χ0) is 17.3. The van der Waals surface area contributed by atoms with E-state index in [-0.39, 0.29) is 24.0 Å². The molecule has 0 saturated carbocycles. The zero-order valence-corrected chi connectivity index (χ0v) is 17.4. The number of guanidine groups is 1. The van der Waals surface area contributed by atoms with E-state index in [1.807, 2.05) is 30.5 Å². The molecule has 1 aliphatic heterocycles. The molecule has 0 unspecified atom stereocenters. The summed E-state index contributed by atoms with van der Waals surface area (Å²) >= 11 is 0.